The molecule has 2 amide bonds. The van der Waals surface area contributed by atoms with Gasteiger partial charge < -0.3 is 20.8 Å². The maximum absolute atomic E-state index is 11.2. The molecule has 0 spiro atoms. The van der Waals surface area contributed by atoms with Gasteiger partial charge in [-0.25, -0.2) is 9.59 Å². The topological polar surface area (TPSA) is 98.7 Å². The van der Waals surface area contributed by atoms with Crippen molar-refractivity contribution in [2.24, 2.45) is 0 Å². The van der Waals surface area contributed by atoms with Crippen molar-refractivity contribution >= 4 is 23.3 Å². The van der Waals surface area contributed by atoms with E-state index in [1.807, 2.05) is 17.5 Å². The van der Waals surface area contributed by atoms with E-state index in [1.54, 1.807) is 11.3 Å². The summed E-state index contributed by atoms with van der Waals surface area (Å²) < 4.78 is 0. The van der Waals surface area contributed by atoms with Crippen molar-refractivity contribution in [3.05, 3.63) is 22.4 Å². The minimum absolute atomic E-state index is 0.305. The highest BCUT2D eigenvalue weighted by Crippen LogP contribution is 2.07. The second kappa shape index (κ2) is 6.87. The van der Waals surface area contributed by atoms with Gasteiger partial charge in [-0.15, -0.1) is 11.3 Å². The molecule has 6 nitrogen and oxygen atoms in total. The SMILES string of the molecule is O=C(NCCc1cccs1)NC[C@H](O)C(=O)O. The molecule has 0 bridgehead atoms. The van der Waals surface area contributed by atoms with E-state index in [-0.39, 0.29) is 6.54 Å². The Labute approximate surface area is 102 Å². The van der Waals surface area contributed by atoms with Crippen molar-refractivity contribution in [2.75, 3.05) is 13.1 Å². The van der Waals surface area contributed by atoms with Gasteiger partial charge in [-0.3, -0.25) is 0 Å². The molecule has 1 aromatic rings. The van der Waals surface area contributed by atoms with E-state index >= 15 is 0 Å². The zero-order valence-electron chi connectivity index (χ0n) is 9.05. The number of aliphatic hydroxyl groups is 1. The van der Waals surface area contributed by atoms with Crippen molar-refractivity contribution in [3.8, 4) is 0 Å². The number of thiophene rings is 1. The first-order valence-corrected chi connectivity index (χ1v) is 5.92. The quantitative estimate of drug-likeness (QED) is 0.579. The van der Waals surface area contributed by atoms with Crippen LogP contribution in [0.3, 0.4) is 0 Å². The predicted octanol–water partition coefficient (Wildman–Crippen LogP) is 0.0353. The molecule has 0 saturated carbocycles. The molecule has 1 rings (SSSR count). The van der Waals surface area contributed by atoms with Gasteiger partial charge in [0, 0.05) is 11.4 Å². The zero-order valence-corrected chi connectivity index (χ0v) is 9.87. The van der Waals surface area contributed by atoms with Gasteiger partial charge in [0.2, 0.25) is 0 Å². The number of aliphatic hydroxyl groups excluding tert-OH is 1. The van der Waals surface area contributed by atoms with Crippen LogP contribution in [0.1, 0.15) is 4.88 Å². The summed E-state index contributed by atoms with van der Waals surface area (Å²) in [5, 5.41) is 24.1. The number of nitrogens with one attached hydrogen (secondary N) is 2. The van der Waals surface area contributed by atoms with Gasteiger partial charge in [-0.05, 0) is 17.9 Å². The van der Waals surface area contributed by atoms with E-state index in [0.717, 1.165) is 11.3 Å². The van der Waals surface area contributed by atoms with E-state index in [4.69, 9.17) is 10.2 Å². The highest BCUT2D eigenvalue weighted by molar-refractivity contribution is 7.09. The second-order valence-electron chi connectivity index (χ2n) is 3.32. The standard InChI is InChI=1S/C10H14N2O4S/c13-8(9(14)15)6-12-10(16)11-4-3-7-2-1-5-17-7/h1-2,5,8,13H,3-4,6H2,(H,14,15)(H2,11,12,16)/t8-/m0/s1. The fraction of sp³-hybridized carbons (Fsp3) is 0.400. The summed E-state index contributed by atoms with van der Waals surface area (Å²) in [4.78, 5) is 22.6. The Bertz CT molecular complexity index is 366. The largest absolute Gasteiger partial charge is 0.479 e. The Balaban J connectivity index is 2.11. The number of carboxylic acids is 1. The number of carboxylic acid groups (broad SMARTS) is 1. The highest BCUT2D eigenvalue weighted by atomic mass is 32.1. The van der Waals surface area contributed by atoms with Gasteiger partial charge in [0.1, 0.15) is 0 Å². The Morgan fingerprint density at radius 2 is 2.18 bits per heavy atom. The van der Waals surface area contributed by atoms with Crippen LogP contribution in [0.25, 0.3) is 0 Å². The summed E-state index contributed by atoms with van der Waals surface area (Å²) in [6.07, 6.45) is -0.843. The summed E-state index contributed by atoms with van der Waals surface area (Å²) in [6.45, 7) is 0.162. The monoisotopic (exact) mass is 258 g/mol. The number of hydrogen-bond donors (Lipinski definition) is 4. The third-order valence-corrected chi connectivity index (χ3v) is 2.91. The van der Waals surface area contributed by atoms with Crippen LogP contribution < -0.4 is 10.6 Å². The number of hydrogen-bond acceptors (Lipinski definition) is 4. The van der Waals surface area contributed by atoms with E-state index < -0.39 is 18.1 Å². The molecule has 7 heteroatoms. The number of amides is 2. The molecular weight excluding hydrogens is 244 g/mol. The number of carbonyl (C=O) groups is 2. The minimum Gasteiger partial charge on any atom is -0.479 e. The maximum atomic E-state index is 11.2. The zero-order chi connectivity index (χ0) is 12.7. The van der Waals surface area contributed by atoms with Crippen LogP contribution >= 0.6 is 11.3 Å². The van der Waals surface area contributed by atoms with Crippen LogP contribution in [0, 0.1) is 0 Å². The van der Waals surface area contributed by atoms with Gasteiger partial charge in [-0.2, -0.15) is 0 Å². The first kappa shape index (κ1) is 13.5. The molecule has 0 aliphatic rings. The molecule has 0 radical (unpaired) electrons. The number of urea groups is 1. The van der Waals surface area contributed by atoms with Crippen molar-refractivity contribution in [3.63, 3.8) is 0 Å². The molecule has 17 heavy (non-hydrogen) atoms. The summed E-state index contributed by atoms with van der Waals surface area (Å²) >= 11 is 1.61. The van der Waals surface area contributed by atoms with Crippen LogP contribution in [0.2, 0.25) is 0 Å². The first-order valence-electron chi connectivity index (χ1n) is 5.04. The average molecular weight is 258 g/mol. The normalized spacial score (nSPS) is 11.8. The van der Waals surface area contributed by atoms with E-state index in [2.05, 4.69) is 10.6 Å². The summed E-state index contributed by atoms with van der Waals surface area (Å²) in [5.41, 5.74) is 0. The molecule has 4 N–H and O–H groups in total. The van der Waals surface area contributed by atoms with E-state index in [0.29, 0.717) is 6.54 Å². The third kappa shape index (κ3) is 5.32. The first-order chi connectivity index (χ1) is 8.09. The van der Waals surface area contributed by atoms with Gasteiger partial charge >= 0.3 is 12.0 Å². The molecule has 0 unspecified atom stereocenters. The van der Waals surface area contributed by atoms with Crippen molar-refractivity contribution in [1.29, 1.82) is 0 Å². The van der Waals surface area contributed by atoms with Crippen molar-refractivity contribution < 1.29 is 19.8 Å². The van der Waals surface area contributed by atoms with Crippen molar-refractivity contribution in [2.45, 2.75) is 12.5 Å². The molecule has 0 fully saturated rings. The Kier molecular flexibility index (Phi) is 5.44. The molecule has 1 heterocycles. The third-order valence-electron chi connectivity index (χ3n) is 1.98. The highest BCUT2D eigenvalue weighted by Gasteiger charge is 2.13. The fourth-order valence-corrected chi connectivity index (χ4v) is 1.80. The minimum atomic E-state index is -1.57. The summed E-state index contributed by atoms with van der Waals surface area (Å²) in [7, 11) is 0. The lowest BCUT2D eigenvalue weighted by molar-refractivity contribution is -0.146. The fourth-order valence-electron chi connectivity index (χ4n) is 1.09. The predicted molar refractivity (Wildman–Crippen MR) is 63.1 cm³/mol. The van der Waals surface area contributed by atoms with Gasteiger partial charge in [0.25, 0.3) is 0 Å². The van der Waals surface area contributed by atoms with Gasteiger partial charge in [0.05, 0.1) is 6.54 Å². The van der Waals surface area contributed by atoms with E-state index in [9.17, 15) is 9.59 Å². The van der Waals surface area contributed by atoms with Crippen LogP contribution in [-0.4, -0.2) is 41.4 Å². The van der Waals surface area contributed by atoms with Gasteiger partial charge in [0.15, 0.2) is 6.10 Å². The molecule has 0 saturated heterocycles. The molecule has 0 aromatic carbocycles. The van der Waals surface area contributed by atoms with Crippen molar-refractivity contribution in [1.82, 2.24) is 10.6 Å². The Morgan fingerprint density at radius 1 is 1.41 bits per heavy atom. The molecular formula is C10H14N2O4S. The number of carbonyl (C=O) groups excluding carboxylic acids is 1. The number of rotatable bonds is 6. The van der Waals surface area contributed by atoms with Gasteiger partial charge in [-0.1, -0.05) is 6.07 Å². The summed E-state index contributed by atoms with van der Waals surface area (Å²) in [6, 6.07) is 3.42. The summed E-state index contributed by atoms with van der Waals surface area (Å²) in [5.74, 6) is -1.36. The molecule has 1 atom stereocenters. The Hall–Kier alpha value is -1.60. The van der Waals surface area contributed by atoms with Crippen LogP contribution in [0.5, 0.6) is 0 Å². The molecule has 0 aliphatic carbocycles. The number of aliphatic carboxylic acids is 1. The molecule has 94 valence electrons. The van der Waals surface area contributed by atoms with Crippen LogP contribution in [0.15, 0.2) is 17.5 Å². The van der Waals surface area contributed by atoms with Crippen LogP contribution in [0.4, 0.5) is 4.79 Å². The lowest BCUT2D eigenvalue weighted by atomic mass is 10.3. The smallest absolute Gasteiger partial charge is 0.334 e. The lowest BCUT2D eigenvalue weighted by Crippen LogP contribution is -2.42. The van der Waals surface area contributed by atoms with E-state index in [1.165, 1.54) is 0 Å². The average Bonchev–Trinajstić information content (AvgIpc) is 2.78. The maximum Gasteiger partial charge on any atom is 0.334 e. The Morgan fingerprint density at radius 3 is 2.76 bits per heavy atom. The lowest BCUT2D eigenvalue weighted by Gasteiger charge is -2.08. The van der Waals surface area contributed by atoms with Crippen LogP contribution in [-0.2, 0) is 11.2 Å². The molecule has 0 aliphatic heterocycles. The second-order valence-corrected chi connectivity index (χ2v) is 4.35. The molecule has 1 aromatic heterocycles.